The molecule has 1 aliphatic rings. The number of rotatable bonds is 7. The maximum atomic E-state index is 14.5. The minimum Gasteiger partial charge on any atom is -0.350 e. The van der Waals surface area contributed by atoms with E-state index in [1.807, 2.05) is 19.9 Å². The Hall–Kier alpha value is -4.10. The molecule has 0 atom stereocenters. The highest BCUT2D eigenvalue weighted by atomic mass is 19.1. The lowest BCUT2D eigenvalue weighted by Gasteiger charge is -2.33. The topological polar surface area (TPSA) is 128 Å². The fourth-order valence-corrected chi connectivity index (χ4v) is 4.38. The minimum absolute atomic E-state index is 0.00354. The molecule has 0 saturated heterocycles. The second kappa shape index (κ2) is 10.3. The number of aromatic nitrogens is 3. The van der Waals surface area contributed by atoms with Crippen LogP contribution in [0.25, 0.3) is 0 Å². The smallest absolute Gasteiger partial charge is 0.256 e. The molecule has 9 nitrogen and oxygen atoms in total. The third kappa shape index (κ3) is 5.73. The van der Waals surface area contributed by atoms with Gasteiger partial charge in [0.25, 0.3) is 5.91 Å². The number of nitrogens with zero attached hydrogens (tertiary/aromatic N) is 4. The number of nitrogens with one attached hydrogen (secondary N) is 4. The third-order valence-electron chi connectivity index (χ3n) is 6.39. The first-order valence-corrected chi connectivity index (χ1v) is 12.5. The molecule has 1 aromatic carbocycles. The molecule has 0 bridgehead atoms. The average Bonchev–Trinajstić information content (AvgIpc) is 2.84. The van der Waals surface area contributed by atoms with Crippen LogP contribution in [0.4, 0.5) is 27.7 Å². The maximum absolute atomic E-state index is 14.5. The Labute approximate surface area is 222 Å². The van der Waals surface area contributed by atoms with E-state index >= 15 is 0 Å². The molecule has 3 heterocycles. The summed E-state index contributed by atoms with van der Waals surface area (Å²) < 4.78 is 14.5. The number of hydrogen-bond acceptors (Lipinski definition) is 8. The van der Waals surface area contributed by atoms with Gasteiger partial charge in [-0.15, -0.1) is 0 Å². The fraction of sp³-hybridized carbons (Fsp3) is 0.393. The Morgan fingerprint density at radius 3 is 2.66 bits per heavy atom. The molecule has 0 fully saturated rings. The quantitative estimate of drug-likeness (QED) is 0.352. The normalized spacial score (nSPS) is 14.4. The number of amides is 1. The van der Waals surface area contributed by atoms with Crippen LogP contribution >= 0.6 is 0 Å². The number of benzene rings is 1. The summed E-state index contributed by atoms with van der Waals surface area (Å²) in [6.07, 6.45) is 1.43. The number of pyridine rings is 1. The number of nitriles is 1. The van der Waals surface area contributed by atoms with Gasteiger partial charge in [-0.2, -0.15) is 10.2 Å². The Morgan fingerprint density at radius 1 is 1.18 bits per heavy atom. The molecular formula is C28H33FN8O. The number of anilines is 4. The molecule has 1 aliphatic heterocycles. The van der Waals surface area contributed by atoms with Gasteiger partial charge >= 0.3 is 0 Å². The van der Waals surface area contributed by atoms with Crippen molar-refractivity contribution in [3.8, 4) is 6.07 Å². The fourth-order valence-electron chi connectivity index (χ4n) is 4.38. The second-order valence-electron chi connectivity index (χ2n) is 11.0. The number of halogens is 1. The van der Waals surface area contributed by atoms with Crippen LogP contribution in [0.3, 0.4) is 0 Å². The molecule has 0 aliphatic carbocycles. The van der Waals surface area contributed by atoms with Gasteiger partial charge in [0.1, 0.15) is 23.0 Å². The highest BCUT2D eigenvalue weighted by Gasteiger charge is 2.28. The Balaban J connectivity index is 1.69. The summed E-state index contributed by atoms with van der Waals surface area (Å²) in [4.78, 5) is 26.1. The van der Waals surface area contributed by atoms with Gasteiger partial charge in [0.05, 0.1) is 17.2 Å². The van der Waals surface area contributed by atoms with E-state index in [4.69, 9.17) is 0 Å². The van der Waals surface area contributed by atoms with E-state index in [1.54, 1.807) is 13.8 Å². The Morgan fingerprint density at radius 2 is 1.95 bits per heavy atom. The predicted molar refractivity (Wildman–Crippen MR) is 145 cm³/mol. The summed E-state index contributed by atoms with van der Waals surface area (Å²) in [7, 11) is 0. The molecule has 0 saturated carbocycles. The molecule has 0 spiro atoms. The summed E-state index contributed by atoms with van der Waals surface area (Å²) in [5.41, 5.74) is 2.39. The van der Waals surface area contributed by atoms with Gasteiger partial charge in [0, 0.05) is 36.4 Å². The Kier molecular flexibility index (Phi) is 7.33. The molecule has 0 unspecified atom stereocenters. The van der Waals surface area contributed by atoms with E-state index in [1.165, 1.54) is 29.5 Å². The van der Waals surface area contributed by atoms with E-state index in [2.05, 4.69) is 68.3 Å². The standard InChI is InChI=1S/C28H33FN8O/c1-16(2)33-25(38)19-13-32-26(34-18-7-8-20-17(11-18)12-31-15-28(20,5)6)37-24(19)36-22-10-9-21(29)23(35-22)27(3,4)14-30/h7-11,13,16,31H,12,15H2,1-6H3,(H,33,38)(H2,32,34,35,36,37). The zero-order valence-electron chi connectivity index (χ0n) is 22.5. The molecule has 2 aromatic heterocycles. The second-order valence-corrected chi connectivity index (χ2v) is 11.0. The first-order chi connectivity index (χ1) is 17.9. The molecule has 4 N–H and O–H groups in total. The van der Waals surface area contributed by atoms with Crippen molar-refractivity contribution in [3.63, 3.8) is 0 Å². The minimum atomic E-state index is -1.14. The zero-order valence-corrected chi connectivity index (χ0v) is 22.5. The van der Waals surface area contributed by atoms with Crippen molar-refractivity contribution >= 4 is 29.2 Å². The molecular weight excluding hydrogens is 483 g/mol. The van der Waals surface area contributed by atoms with E-state index in [0.717, 1.165) is 18.8 Å². The summed E-state index contributed by atoms with van der Waals surface area (Å²) >= 11 is 0. The summed E-state index contributed by atoms with van der Waals surface area (Å²) in [6, 6.07) is 10.8. The monoisotopic (exact) mass is 516 g/mol. The van der Waals surface area contributed by atoms with Crippen LogP contribution in [0.5, 0.6) is 0 Å². The van der Waals surface area contributed by atoms with Gasteiger partial charge in [0.15, 0.2) is 0 Å². The van der Waals surface area contributed by atoms with Crippen molar-refractivity contribution in [1.82, 2.24) is 25.6 Å². The Bertz CT molecular complexity index is 1410. The number of fused-ring (bicyclic) bond motifs is 1. The van der Waals surface area contributed by atoms with Gasteiger partial charge in [-0.25, -0.2) is 14.4 Å². The highest BCUT2D eigenvalue weighted by molar-refractivity contribution is 5.99. The van der Waals surface area contributed by atoms with Crippen LogP contribution in [0.1, 0.15) is 68.7 Å². The van der Waals surface area contributed by atoms with Crippen molar-refractivity contribution in [1.29, 1.82) is 5.26 Å². The van der Waals surface area contributed by atoms with Crippen molar-refractivity contribution in [3.05, 3.63) is 64.7 Å². The van der Waals surface area contributed by atoms with Gasteiger partial charge in [-0.3, -0.25) is 4.79 Å². The number of carbonyl (C=O) groups is 1. The first-order valence-electron chi connectivity index (χ1n) is 12.5. The molecule has 3 aromatic rings. The predicted octanol–water partition coefficient (Wildman–Crippen LogP) is 4.82. The lowest BCUT2D eigenvalue weighted by molar-refractivity contribution is 0.0943. The maximum Gasteiger partial charge on any atom is 0.256 e. The van der Waals surface area contributed by atoms with E-state index < -0.39 is 11.2 Å². The molecule has 1 amide bonds. The third-order valence-corrected chi connectivity index (χ3v) is 6.39. The summed E-state index contributed by atoms with van der Waals surface area (Å²) in [5, 5.41) is 22.0. The van der Waals surface area contributed by atoms with Gasteiger partial charge in [0.2, 0.25) is 5.95 Å². The SMILES string of the molecule is CC(C)NC(=O)c1cnc(Nc2ccc3c(c2)CNCC3(C)C)nc1Nc1ccc(F)c(C(C)(C)C#N)n1. The van der Waals surface area contributed by atoms with E-state index in [9.17, 15) is 14.4 Å². The van der Waals surface area contributed by atoms with Crippen LogP contribution in [0.15, 0.2) is 36.5 Å². The van der Waals surface area contributed by atoms with Crippen molar-refractivity contribution in [2.75, 3.05) is 17.2 Å². The van der Waals surface area contributed by atoms with Crippen molar-refractivity contribution in [2.24, 2.45) is 0 Å². The average molecular weight is 517 g/mol. The first kappa shape index (κ1) is 26.9. The zero-order chi connectivity index (χ0) is 27.7. The van der Waals surface area contributed by atoms with E-state index in [0.29, 0.717) is 0 Å². The lowest BCUT2D eigenvalue weighted by atomic mass is 9.79. The van der Waals surface area contributed by atoms with Crippen LogP contribution in [-0.2, 0) is 17.4 Å². The van der Waals surface area contributed by atoms with Crippen molar-refractivity contribution < 1.29 is 9.18 Å². The lowest BCUT2D eigenvalue weighted by Crippen LogP contribution is -2.38. The van der Waals surface area contributed by atoms with Crippen LogP contribution in [0.2, 0.25) is 0 Å². The highest BCUT2D eigenvalue weighted by Crippen LogP contribution is 2.32. The molecule has 10 heteroatoms. The molecule has 4 rings (SSSR count). The molecule has 0 radical (unpaired) electrons. The van der Waals surface area contributed by atoms with Gasteiger partial charge in [-0.05, 0) is 63.1 Å². The van der Waals surface area contributed by atoms with Crippen LogP contribution in [-0.4, -0.2) is 33.4 Å². The molecule has 38 heavy (non-hydrogen) atoms. The van der Waals surface area contributed by atoms with Crippen LogP contribution < -0.4 is 21.3 Å². The number of hydrogen-bond donors (Lipinski definition) is 4. The van der Waals surface area contributed by atoms with Gasteiger partial charge < -0.3 is 21.3 Å². The van der Waals surface area contributed by atoms with Gasteiger partial charge in [-0.1, -0.05) is 19.9 Å². The largest absolute Gasteiger partial charge is 0.350 e. The summed E-state index contributed by atoms with van der Waals surface area (Å²) in [5.74, 6) is -0.238. The summed E-state index contributed by atoms with van der Waals surface area (Å²) in [6.45, 7) is 13.0. The van der Waals surface area contributed by atoms with Crippen molar-refractivity contribution in [2.45, 2.75) is 65.0 Å². The van der Waals surface area contributed by atoms with Crippen LogP contribution in [0, 0.1) is 17.1 Å². The van der Waals surface area contributed by atoms with E-state index in [-0.39, 0.29) is 46.2 Å². The molecule has 198 valence electrons. The number of carbonyl (C=O) groups excluding carboxylic acids is 1.